The fourth-order valence-electron chi connectivity index (χ4n) is 2.23. The van der Waals surface area contributed by atoms with E-state index >= 15 is 0 Å². The SMILES string of the molecule is Cc1ccccc1[C@@H](O)CNC(=O)C(C)(C)c1cccs1. The summed E-state index contributed by atoms with van der Waals surface area (Å²) in [6.45, 7) is 5.97. The van der Waals surface area contributed by atoms with Gasteiger partial charge in [0, 0.05) is 11.4 Å². The number of rotatable bonds is 5. The second kappa shape index (κ2) is 6.41. The minimum Gasteiger partial charge on any atom is -0.387 e. The van der Waals surface area contributed by atoms with Gasteiger partial charge in [-0.05, 0) is 43.3 Å². The van der Waals surface area contributed by atoms with E-state index in [0.29, 0.717) is 0 Å². The van der Waals surface area contributed by atoms with Crippen LogP contribution in [-0.2, 0) is 10.2 Å². The molecule has 0 unspecified atom stereocenters. The van der Waals surface area contributed by atoms with E-state index < -0.39 is 11.5 Å². The van der Waals surface area contributed by atoms with Crippen LogP contribution in [0.15, 0.2) is 41.8 Å². The molecule has 0 saturated heterocycles. The Morgan fingerprint density at radius 2 is 2.00 bits per heavy atom. The maximum absolute atomic E-state index is 12.4. The first-order chi connectivity index (χ1) is 9.93. The highest BCUT2D eigenvalue weighted by Crippen LogP contribution is 2.27. The summed E-state index contributed by atoms with van der Waals surface area (Å²) in [5.74, 6) is -0.0717. The molecule has 0 bridgehead atoms. The highest BCUT2D eigenvalue weighted by atomic mass is 32.1. The maximum atomic E-state index is 12.4. The number of amides is 1. The van der Waals surface area contributed by atoms with Crippen molar-refractivity contribution in [2.45, 2.75) is 32.3 Å². The fourth-order valence-corrected chi connectivity index (χ4v) is 3.08. The number of benzene rings is 1. The number of nitrogens with one attached hydrogen (secondary N) is 1. The molecule has 4 heteroatoms. The Morgan fingerprint density at radius 1 is 1.29 bits per heavy atom. The zero-order valence-corrected chi connectivity index (χ0v) is 13.4. The molecule has 0 aliphatic rings. The van der Waals surface area contributed by atoms with E-state index in [1.807, 2.05) is 62.5 Å². The second-order valence-corrected chi connectivity index (χ2v) is 6.63. The number of carbonyl (C=O) groups excluding carboxylic acids is 1. The molecule has 1 amide bonds. The second-order valence-electron chi connectivity index (χ2n) is 5.68. The first kappa shape index (κ1) is 15.7. The Bertz CT molecular complexity index is 605. The van der Waals surface area contributed by atoms with Crippen molar-refractivity contribution in [1.82, 2.24) is 5.32 Å². The van der Waals surface area contributed by atoms with Crippen molar-refractivity contribution in [3.8, 4) is 0 Å². The predicted octanol–water partition coefficient (Wildman–Crippen LogP) is 3.18. The van der Waals surface area contributed by atoms with E-state index in [2.05, 4.69) is 5.32 Å². The van der Waals surface area contributed by atoms with Crippen molar-refractivity contribution in [3.05, 3.63) is 57.8 Å². The first-order valence-electron chi connectivity index (χ1n) is 6.99. The molecule has 1 aromatic heterocycles. The van der Waals surface area contributed by atoms with Gasteiger partial charge in [-0.1, -0.05) is 30.3 Å². The summed E-state index contributed by atoms with van der Waals surface area (Å²) in [7, 11) is 0. The molecule has 0 fully saturated rings. The van der Waals surface area contributed by atoms with Gasteiger partial charge < -0.3 is 10.4 Å². The molecule has 0 aliphatic carbocycles. The summed E-state index contributed by atoms with van der Waals surface area (Å²) < 4.78 is 0. The molecule has 1 aromatic carbocycles. The molecule has 2 rings (SSSR count). The van der Waals surface area contributed by atoms with Gasteiger partial charge in [-0.25, -0.2) is 0 Å². The standard InChI is InChI=1S/C17H21NO2S/c1-12-7-4-5-8-13(12)14(19)11-18-16(20)17(2,3)15-9-6-10-21-15/h4-10,14,19H,11H2,1-3H3,(H,18,20)/t14-/m0/s1. The molecule has 112 valence electrons. The lowest BCUT2D eigenvalue weighted by Gasteiger charge is -2.23. The monoisotopic (exact) mass is 303 g/mol. The van der Waals surface area contributed by atoms with Crippen molar-refractivity contribution in [2.24, 2.45) is 0 Å². The number of thiophene rings is 1. The van der Waals surface area contributed by atoms with Crippen molar-refractivity contribution in [2.75, 3.05) is 6.54 Å². The zero-order valence-electron chi connectivity index (χ0n) is 12.6. The van der Waals surface area contributed by atoms with Gasteiger partial charge in [0.1, 0.15) is 0 Å². The molecular formula is C17H21NO2S. The summed E-state index contributed by atoms with van der Waals surface area (Å²) in [4.78, 5) is 13.4. The molecule has 0 aliphatic heterocycles. The average molecular weight is 303 g/mol. The van der Waals surface area contributed by atoms with Crippen LogP contribution in [0.25, 0.3) is 0 Å². The summed E-state index contributed by atoms with van der Waals surface area (Å²) >= 11 is 1.57. The number of aryl methyl sites for hydroxylation is 1. The lowest BCUT2D eigenvalue weighted by Crippen LogP contribution is -2.41. The number of hydrogen-bond acceptors (Lipinski definition) is 3. The van der Waals surface area contributed by atoms with E-state index in [0.717, 1.165) is 16.0 Å². The molecule has 1 heterocycles. The summed E-state index contributed by atoms with van der Waals surface area (Å²) in [5.41, 5.74) is 1.29. The topological polar surface area (TPSA) is 49.3 Å². The summed E-state index contributed by atoms with van der Waals surface area (Å²) in [6.07, 6.45) is -0.686. The molecule has 21 heavy (non-hydrogen) atoms. The van der Waals surface area contributed by atoms with E-state index in [-0.39, 0.29) is 12.5 Å². The van der Waals surface area contributed by atoms with E-state index in [1.54, 1.807) is 11.3 Å². The number of aliphatic hydroxyl groups excluding tert-OH is 1. The smallest absolute Gasteiger partial charge is 0.231 e. The van der Waals surface area contributed by atoms with Gasteiger partial charge >= 0.3 is 0 Å². The molecule has 1 atom stereocenters. The molecule has 3 nitrogen and oxygen atoms in total. The summed E-state index contributed by atoms with van der Waals surface area (Å²) in [6, 6.07) is 11.6. The Kier molecular flexibility index (Phi) is 4.80. The molecule has 2 aromatic rings. The van der Waals surface area contributed by atoms with Gasteiger partial charge in [0.2, 0.25) is 5.91 Å². The van der Waals surface area contributed by atoms with E-state index in [4.69, 9.17) is 0 Å². The van der Waals surface area contributed by atoms with Crippen LogP contribution in [0.3, 0.4) is 0 Å². The van der Waals surface area contributed by atoms with Gasteiger partial charge in [0.15, 0.2) is 0 Å². The van der Waals surface area contributed by atoms with Crippen LogP contribution in [0.5, 0.6) is 0 Å². The van der Waals surface area contributed by atoms with Crippen LogP contribution < -0.4 is 5.32 Å². The number of hydrogen-bond donors (Lipinski definition) is 2. The Morgan fingerprint density at radius 3 is 2.62 bits per heavy atom. The summed E-state index contributed by atoms with van der Waals surface area (Å²) in [5, 5.41) is 15.1. The third-order valence-corrected chi connectivity index (χ3v) is 4.90. The first-order valence-corrected chi connectivity index (χ1v) is 7.86. The Hall–Kier alpha value is -1.65. The van der Waals surface area contributed by atoms with Crippen molar-refractivity contribution >= 4 is 17.2 Å². The van der Waals surface area contributed by atoms with Crippen LogP contribution >= 0.6 is 11.3 Å². The quantitative estimate of drug-likeness (QED) is 0.891. The van der Waals surface area contributed by atoms with E-state index in [9.17, 15) is 9.90 Å². The van der Waals surface area contributed by atoms with Crippen molar-refractivity contribution in [1.29, 1.82) is 0 Å². The Labute approximate surface area is 129 Å². The highest BCUT2D eigenvalue weighted by Gasteiger charge is 2.30. The molecule has 0 spiro atoms. The fraction of sp³-hybridized carbons (Fsp3) is 0.353. The van der Waals surface area contributed by atoms with Crippen molar-refractivity contribution in [3.63, 3.8) is 0 Å². The lowest BCUT2D eigenvalue weighted by molar-refractivity contribution is -0.126. The van der Waals surface area contributed by atoms with Gasteiger partial charge in [0.05, 0.1) is 11.5 Å². The third-order valence-electron chi connectivity index (χ3n) is 3.71. The normalized spacial score (nSPS) is 13.0. The predicted molar refractivity (Wildman–Crippen MR) is 86.5 cm³/mol. The van der Waals surface area contributed by atoms with Gasteiger partial charge in [0.25, 0.3) is 0 Å². The maximum Gasteiger partial charge on any atom is 0.231 e. The molecule has 0 radical (unpaired) electrons. The number of aliphatic hydroxyl groups is 1. The van der Waals surface area contributed by atoms with Gasteiger partial charge in [-0.15, -0.1) is 11.3 Å². The van der Waals surface area contributed by atoms with Crippen LogP contribution in [-0.4, -0.2) is 17.6 Å². The molecule has 2 N–H and O–H groups in total. The van der Waals surface area contributed by atoms with Crippen molar-refractivity contribution < 1.29 is 9.90 Å². The largest absolute Gasteiger partial charge is 0.387 e. The lowest BCUT2D eigenvalue weighted by atomic mass is 9.90. The van der Waals surface area contributed by atoms with Gasteiger partial charge in [-0.2, -0.15) is 0 Å². The zero-order chi connectivity index (χ0) is 15.5. The molecular weight excluding hydrogens is 282 g/mol. The van der Waals surface area contributed by atoms with Crippen LogP contribution in [0.1, 0.15) is 36.0 Å². The molecule has 0 saturated carbocycles. The number of carbonyl (C=O) groups is 1. The van der Waals surface area contributed by atoms with Gasteiger partial charge in [-0.3, -0.25) is 4.79 Å². The minimum absolute atomic E-state index is 0.0717. The van der Waals surface area contributed by atoms with Crippen LogP contribution in [0, 0.1) is 6.92 Å². The van der Waals surface area contributed by atoms with Crippen LogP contribution in [0.4, 0.5) is 0 Å². The third kappa shape index (κ3) is 3.52. The van der Waals surface area contributed by atoms with Crippen LogP contribution in [0.2, 0.25) is 0 Å². The minimum atomic E-state index is -0.686. The highest BCUT2D eigenvalue weighted by molar-refractivity contribution is 7.10. The average Bonchev–Trinajstić information content (AvgIpc) is 2.99. The Balaban J connectivity index is 2.00. The van der Waals surface area contributed by atoms with E-state index in [1.165, 1.54) is 0 Å².